The Bertz CT molecular complexity index is 198. The number of hydrogen-bond acceptors (Lipinski definition) is 4. The average Bonchev–Trinajstić information content (AvgIpc) is 2.24. The van der Waals surface area contributed by atoms with Crippen LogP contribution in [0.15, 0.2) is 0 Å². The highest BCUT2D eigenvalue weighted by atomic mass is 16.5. The first kappa shape index (κ1) is 16.4. The molecular weight excluding hydrogens is 218 g/mol. The second-order valence-corrected chi connectivity index (χ2v) is 4.54. The predicted molar refractivity (Wildman–Crippen MR) is 70.1 cm³/mol. The number of amides is 1. The molecule has 1 amide bonds. The molecule has 0 heterocycles. The number of nitrogens with zero attached hydrogens (tertiary/aromatic N) is 1. The number of likely N-dealkylation sites (N-methyl/N-ethyl adjacent to an activating group) is 1. The van der Waals surface area contributed by atoms with Gasteiger partial charge in [0.1, 0.15) is 0 Å². The minimum atomic E-state index is 0.0568. The molecule has 0 aliphatic carbocycles. The zero-order valence-corrected chi connectivity index (χ0v) is 11.6. The first-order valence-corrected chi connectivity index (χ1v) is 6.23. The summed E-state index contributed by atoms with van der Waals surface area (Å²) < 4.78 is 4.86. The van der Waals surface area contributed by atoms with Crippen molar-refractivity contribution in [1.29, 1.82) is 0 Å². The van der Waals surface area contributed by atoms with Crippen molar-refractivity contribution in [3.05, 3.63) is 0 Å². The molecule has 5 heteroatoms. The fraction of sp³-hybridized carbons (Fsp3) is 0.917. The van der Waals surface area contributed by atoms with Crippen molar-refractivity contribution in [2.45, 2.75) is 26.3 Å². The fourth-order valence-corrected chi connectivity index (χ4v) is 1.41. The molecule has 0 spiro atoms. The van der Waals surface area contributed by atoms with Crippen molar-refractivity contribution in [3.63, 3.8) is 0 Å². The highest BCUT2D eigenvalue weighted by Gasteiger charge is 2.05. The minimum Gasteiger partial charge on any atom is -0.383 e. The molecule has 0 rings (SSSR count). The van der Waals surface area contributed by atoms with Crippen LogP contribution in [0.1, 0.15) is 20.3 Å². The summed E-state index contributed by atoms with van der Waals surface area (Å²) in [6.07, 6.45) is 1.06. The largest absolute Gasteiger partial charge is 0.383 e. The maximum absolute atomic E-state index is 11.4. The van der Waals surface area contributed by atoms with Crippen LogP contribution in [0.4, 0.5) is 0 Å². The Balaban J connectivity index is 3.43. The summed E-state index contributed by atoms with van der Waals surface area (Å²) in [7, 11) is 3.59. The van der Waals surface area contributed by atoms with Gasteiger partial charge in [-0.1, -0.05) is 13.8 Å². The van der Waals surface area contributed by atoms with Gasteiger partial charge in [-0.3, -0.25) is 9.69 Å². The van der Waals surface area contributed by atoms with E-state index in [1.165, 1.54) is 0 Å². The summed E-state index contributed by atoms with van der Waals surface area (Å²) in [5.41, 5.74) is 0. The van der Waals surface area contributed by atoms with E-state index >= 15 is 0 Å². The standard InChI is InChI=1S/C12H27N3O2/c1-11(2)13-6-5-8-15(3)10-12(16)14-7-9-17-4/h11,13H,5-10H2,1-4H3,(H,14,16). The molecule has 0 saturated carbocycles. The second-order valence-electron chi connectivity index (χ2n) is 4.54. The maximum Gasteiger partial charge on any atom is 0.234 e. The summed E-state index contributed by atoms with van der Waals surface area (Å²) in [5.74, 6) is 0.0568. The number of ether oxygens (including phenoxy) is 1. The van der Waals surface area contributed by atoms with Gasteiger partial charge in [0, 0.05) is 19.7 Å². The lowest BCUT2D eigenvalue weighted by molar-refractivity contribution is -0.122. The van der Waals surface area contributed by atoms with Gasteiger partial charge in [-0.2, -0.15) is 0 Å². The quantitative estimate of drug-likeness (QED) is 0.535. The highest BCUT2D eigenvalue weighted by molar-refractivity contribution is 5.77. The molecule has 0 saturated heterocycles. The first-order chi connectivity index (χ1) is 8.06. The highest BCUT2D eigenvalue weighted by Crippen LogP contribution is 1.87. The van der Waals surface area contributed by atoms with Crippen LogP contribution in [0.25, 0.3) is 0 Å². The van der Waals surface area contributed by atoms with E-state index < -0.39 is 0 Å². The molecule has 0 aliphatic heterocycles. The SMILES string of the molecule is COCCNC(=O)CN(C)CCCNC(C)C. The van der Waals surface area contributed by atoms with Crippen molar-refractivity contribution >= 4 is 5.91 Å². The Kier molecular flexibility index (Phi) is 10.1. The third-order valence-corrected chi connectivity index (χ3v) is 2.31. The lowest BCUT2D eigenvalue weighted by atomic mass is 10.3. The molecule has 2 N–H and O–H groups in total. The average molecular weight is 245 g/mol. The molecule has 0 radical (unpaired) electrons. The number of nitrogens with one attached hydrogen (secondary N) is 2. The summed E-state index contributed by atoms with van der Waals surface area (Å²) in [6, 6.07) is 0.526. The predicted octanol–water partition coefficient (Wildman–Crippen LogP) is 0.0689. The molecule has 0 unspecified atom stereocenters. The molecule has 102 valence electrons. The monoisotopic (exact) mass is 245 g/mol. The van der Waals surface area contributed by atoms with Crippen molar-refractivity contribution in [2.24, 2.45) is 0 Å². The van der Waals surface area contributed by atoms with E-state index in [9.17, 15) is 4.79 Å². The van der Waals surface area contributed by atoms with E-state index in [0.717, 1.165) is 19.5 Å². The molecule has 0 bridgehead atoms. The van der Waals surface area contributed by atoms with Gasteiger partial charge in [-0.05, 0) is 26.6 Å². The zero-order chi connectivity index (χ0) is 13.1. The molecular formula is C12H27N3O2. The van der Waals surface area contributed by atoms with Crippen molar-refractivity contribution in [3.8, 4) is 0 Å². The fourth-order valence-electron chi connectivity index (χ4n) is 1.41. The van der Waals surface area contributed by atoms with Gasteiger partial charge in [0.2, 0.25) is 5.91 Å². The normalized spacial score (nSPS) is 11.2. The van der Waals surface area contributed by atoms with Crippen LogP contribution in [-0.4, -0.2) is 63.8 Å². The van der Waals surface area contributed by atoms with Crippen LogP contribution >= 0.6 is 0 Å². The van der Waals surface area contributed by atoms with E-state index in [0.29, 0.717) is 25.7 Å². The summed E-state index contributed by atoms with van der Waals surface area (Å²) >= 11 is 0. The molecule has 0 aromatic heterocycles. The number of carbonyl (C=O) groups excluding carboxylic acids is 1. The smallest absolute Gasteiger partial charge is 0.234 e. The summed E-state index contributed by atoms with van der Waals surface area (Å²) in [5, 5.41) is 6.15. The van der Waals surface area contributed by atoms with Gasteiger partial charge in [0.25, 0.3) is 0 Å². The Morgan fingerprint density at radius 3 is 2.65 bits per heavy atom. The summed E-state index contributed by atoms with van der Waals surface area (Å²) in [6.45, 7) is 7.78. The van der Waals surface area contributed by atoms with Crippen molar-refractivity contribution in [2.75, 3.05) is 46.9 Å². The van der Waals surface area contributed by atoms with Crippen LogP contribution in [0.2, 0.25) is 0 Å². The topological polar surface area (TPSA) is 53.6 Å². The lowest BCUT2D eigenvalue weighted by Gasteiger charge is -2.16. The number of rotatable bonds is 10. The molecule has 0 aromatic rings. The summed E-state index contributed by atoms with van der Waals surface area (Å²) in [4.78, 5) is 13.5. The van der Waals surface area contributed by atoms with Crippen molar-refractivity contribution in [1.82, 2.24) is 15.5 Å². The van der Waals surface area contributed by atoms with Crippen LogP contribution in [-0.2, 0) is 9.53 Å². The Labute approximate surface area is 105 Å². The van der Waals surface area contributed by atoms with Gasteiger partial charge in [-0.15, -0.1) is 0 Å². The number of carbonyl (C=O) groups is 1. The Morgan fingerprint density at radius 2 is 2.06 bits per heavy atom. The molecule has 0 aromatic carbocycles. The van der Waals surface area contributed by atoms with E-state index in [-0.39, 0.29) is 5.91 Å². The van der Waals surface area contributed by atoms with Gasteiger partial charge in [0.05, 0.1) is 13.2 Å². The van der Waals surface area contributed by atoms with Gasteiger partial charge < -0.3 is 15.4 Å². The van der Waals surface area contributed by atoms with Crippen LogP contribution in [0.5, 0.6) is 0 Å². The molecule has 5 nitrogen and oxygen atoms in total. The zero-order valence-electron chi connectivity index (χ0n) is 11.6. The number of hydrogen-bond donors (Lipinski definition) is 2. The number of methoxy groups -OCH3 is 1. The van der Waals surface area contributed by atoms with Crippen LogP contribution in [0, 0.1) is 0 Å². The van der Waals surface area contributed by atoms with Crippen molar-refractivity contribution < 1.29 is 9.53 Å². The van der Waals surface area contributed by atoms with Gasteiger partial charge >= 0.3 is 0 Å². The van der Waals surface area contributed by atoms with E-state index in [4.69, 9.17) is 4.74 Å². The van der Waals surface area contributed by atoms with Crippen LogP contribution < -0.4 is 10.6 Å². The third kappa shape index (κ3) is 11.6. The molecule has 0 fully saturated rings. The van der Waals surface area contributed by atoms with Crippen LogP contribution in [0.3, 0.4) is 0 Å². The third-order valence-electron chi connectivity index (χ3n) is 2.31. The molecule has 0 aliphatic rings. The van der Waals surface area contributed by atoms with Gasteiger partial charge in [-0.25, -0.2) is 0 Å². The maximum atomic E-state index is 11.4. The Morgan fingerprint density at radius 1 is 1.35 bits per heavy atom. The molecule has 17 heavy (non-hydrogen) atoms. The van der Waals surface area contributed by atoms with Gasteiger partial charge in [0.15, 0.2) is 0 Å². The van der Waals surface area contributed by atoms with E-state index in [1.807, 2.05) is 11.9 Å². The van der Waals surface area contributed by atoms with E-state index in [1.54, 1.807) is 7.11 Å². The molecule has 0 atom stereocenters. The minimum absolute atomic E-state index is 0.0568. The lowest BCUT2D eigenvalue weighted by Crippen LogP contribution is -2.37. The Hall–Kier alpha value is -0.650. The first-order valence-electron chi connectivity index (χ1n) is 6.23. The van der Waals surface area contributed by atoms with E-state index in [2.05, 4.69) is 24.5 Å². The second kappa shape index (κ2) is 10.5.